The van der Waals surface area contributed by atoms with E-state index >= 15 is 0 Å². The predicted molar refractivity (Wildman–Crippen MR) is 59.4 cm³/mol. The molecule has 0 aliphatic carbocycles. The Kier molecular flexibility index (Phi) is 3.76. The van der Waals surface area contributed by atoms with Gasteiger partial charge >= 0.3 is 0 Å². The van der Waals surface area contributed by atoms with Gasteiger partial charge in [0, 0.05) is 4.47 Å². The number of rotatable bonds is 2. The van der Waals surface area contributed by atoms with E-state index < -0.39 is 5.38 Å². The van der Waals surface area contributed by atoms with Gasteiger partial charge in [-0.25, -0.2) is 0 Å². The van der Waals surface area contributed by atoms with Crippen molar-refractivity contribution in [1.29, 1.82) is 0 Å². The molecule has 1 aromatic rings. The summed E-state index contributed by atoms with van der Waals surface area (Å²) in [6.07, 6.45) is 0. The molecule has 1 unspecified atom stereocenters. The normalized spacial score (nSPS) is 13.0. The molecule has 66 valence electrons. The molecule has 0 saturated heterocycles. The molecule has 1 nitrogen and oxygen atoms in total. The van der Waals surface area contributed by atoms with Gasteiger partial charge < -0.3 is 0 Å². The van der Waals surface area contributed by atoms with E-state index in [1.165, 1.54) is 11.3 Å². The van der Waals surface area contributed by atoms with E-state index in [-0.39, 0.29) is 5.78 Å². The Bertz CT molecular complexity index is 289. The standard InChI is InChI=1S/C7H5Br2ClOS/c1-3(10)6(11)5-2-4(8)7(9)12-5/h2-3H,1H3. The summed E-state index contributed by atoms with van der Waals surface area (Å²) in [5.41, 5.74) is 0. The maximum Gasteiger partial charge on any atom is 0.190 e. The van der Waals surface area contributed by atoms with Gasteiger partial charge in [-0.2, -0.15) is 0 Å². The molecule has 0 aliphatic rings. The second kappa shape index (κ2) is 4.22. The molecule has 0 amide bonds. The van der Waals surface area contributed by atoms with Crippen LogP contribution in [0.5, 0.6) is 0 Å². The Hall–Kier alpha value is 0.620. The molecular formula is C7H5Br2ClOS. The first kappa shape index (κ1) is 10.7. The highest BCUT2D eigenvalue weighted by molar-refractivity contribution is 9.13. The maximum atomic E-state index is 11.3. The molecule has 1 atom stereocenters. The molecule has 0 radical (unpaired) electrons. The van der Waals surface area contributed by atoms with Crippen molar-refractivity contribution in [2.24, 2.45) is 0 Å². The number of Topliss-reactive ketones (excluding diaryl/α,β-unsaturated/α-hetero) is 1. The van der Waals surface area contributed by atoms with Crippen LogP contribution in [-0.2, 0) is 0 Å². The first-order valence-electron chi connectivity index (χ1n) is 3.15. The highest BCUT2D eigenvalue weighted by atomic mass is 79.9. The van der Waals surface area contributed by atoms with Crippen LogP contribution in [0.15, 0.2) is 14.3 Å². The monoisotopic (exact) mass is 330 g/mol. The summed E-state index contributed by atoms with van der Waals surface area (Å²) in [4.78, 5) is 12.0. The summed E-state index contributed by atoms with van der Waals surface area (Å²) in [5.74, 6) is -0.0342. The third kappa shape index (κ3) is 2.31. The Morgan fingerprint density at radius 2 is 2.25 bits per heavy atom. The lowest BCUT2D eigenvalue weighted by atomic mass is 10.2. The minimum absolute atomic E-state index is 0.0342. The van der Waals surface area contributed by atoms with Crippen LogP contribution in [0.1, 0.15) is 16.6 Å². The summed E-state index contributed by atoms with van der Waals surface area (Å²) in [5, 5.41) is -0.456. The Balaban J connectivity index is 2.97. The van der Waals surface area contributed by atoms with Gasteiger partial charge in [0.1, 0.15) is 0 Å². The van der Waals surface area contributed by atoms with Gasteiger partial charge in [0.05, 0.1) is 14.0 Å². The minimum atomic E-state index is -0.456. The van der Waals surface area contributed by atoms with E-state index in [4.69, 9.17) is 11.6 Å². The minimum Gasteiger partial charge on any atom is -0.292 e. The summed E-state index contributed by atoms with van der Waals surface area (Å²) < 4.78 is 1.82. The van der Waals surface area contributed by atoms with Crippen molar-refractivity contribution in [1.82, 2.24) is 0 Å². The van der Waals surface area contributed by atoms with E-state index in [0.29, 0.717) is 4.88 Å². The highest BCUT2D eigenvalue weighted by Gasteiger charge is 2.16. The number of alkyl halides is 1. The number of ketones is 1. The molecule has 12 heavy (non-hydrogen) atoms. The lowest BCUT2D eigenvalue weighted by Gasteiger charge is -1.96. The molecule has 0 fully saturated rings. The first-order chi connectivity index (χ1) is 5.52. The van der Waals surface area contributed by atoms with Gasteiger partial charge in [-0.15, -0.1) is 22.9 Å². The maximum absolute atomic E-state index is 11.3. The Labute approximate surface area is 96.4 Å². The SMILES string of the molecule is CC(Cl)C(=O)c1cc(Br)c(Br)s1. The molecule has 1 aromatic heterocycles. The Morgan fingerprint density at radius 3 is 2.58 bits per heavy atom. The average molecular weight is 332 g/mol. The predicted octanol–water partition coefficient (Wildman–Crippen LogP) is 4.08. The van der Waals surface area contributed by atoms with Crippen LogP contribution in [-0.4, -0.2) is 11.2 Å². The zero-order valence-corrected chi connectivity index (χ0v) is 10.8. The van der Waals surface area contributed by atoms with Crippen molar-refractivity contribution in [3.05, 3.63) is 19.2 Å². The van der Waals surface area contributed by atoms with Crippen molar-refractivity contribution >= 4 is 60.6 Å². The number of halogens is 3. The number of thiophene rings is 1. The molecule has 0 N–H and O–H groups in total. The zero-order valence-electron chi connectivity index (χ0n) is 6.11. The molecule has 1 heterocycles. The van der Waals surface area contributed by atoms with Crippen molar-refractivity contribution < 1.29 is 4.79 Å². The van der Waals surface area contributed by atoms with Crippen molar-refractivity contribution in [2.75, 3.05) is 0 Å². The molecular weight excluding hydrogens is 327 g/mol. The van der Waals surface area contributed by atoms with Gasteiger partial charge in [-0.05, 0) is 44.8 Å². The molecule has 1 rings (SSSR count). The van der Waals surface area contributed by atoms with E-state index in [2.05, 4.69) is 31.9 Å². The van der Waals surface area contributed by atoms with Crippen molar-refractivity contribution in [3.63, 3.8) is 0 Å². The second-order valence-electron chi connectivity index (χ2n) is 2.21. The van der Waals surface area contributed by atoms with E-state index in [9.17, 15) is 4.79 Å². The van der Waals surface area contributed by atoms with Gasteiger partial charge in [0.2, 0.25) is 0 Å². The van der Waals surface area contributed by atoms with Crippen LogP contribution in [0, 0.1) is 0 Å². The smallest absolute Gasteiger partial charge is 0.190 e. The lowest BCUT2D eigenvalue weighted by molar-refractivity contribution is 0.0995. The fourth-order valence-electron chi connectivity index (χ4n) is 0.664. The summed E-state index contributed by atoms with van der Waals surface area (Å²) in [6, 6.07) is 1.77. The number of hydrogen-bond acceptors (Lipinski definition) is 2. The highest BCUT2D eigenvalue weighted by Crippen LogP contribution is 2.33. The Morgan fingerprint density at radius 1 is 1.67 bits per heavy atom. The average Bonchev–Trinajstić information content (AvgIpc) is 2.30. The number of carbonyl (C=O) groups excluding carboxylic acids is 1. The van der Waals surface area contributed by atoms with Crippen molar-refractivity contribution in [2.45, 2.75) is 12.3 Å². The van der Waals surface area contributed by atoms with Gasteiger partial charge in [0.15, 0.2) is 5.78 Å². The molecule has 0 saturated carbocycles. The van der Waals surface area contributed by atoms with Gasteiger partial charge in [0.25, 0.3) is 0 Å². The van der Waals surface area contributed by atoms with Crippen LogP contribution < -0.4 is 0 Å². The fraction of sp³-hybridized carbons (Fsp3) is 0.286. The number of hydrogen-bond donors (Lipinski definition) is 0. The van der Waals surface area contributed by atoms with E-state index in [1.807, 2.05) is 0 Å². The molecule has 0 aromatic carbocycles. The van der Waals surface area contributed by atoms with Crippen LogP contribution in [0.25, 0.3) is 0 Å². The molecule has 0 spiro atoms. The molecule has 0 bridgehead atoms. The second-order valence-corrected chi connectivity index (χ2v) is 6.09. The molecule has 5 heteroatoms. The van der Waals surface area contributed by atoms with Crippen LogP contribution >= 0.6 is 54.8 Å². The van der Waals surface area contributed by atoms with Crippen molar-refractivity contribution in [3.8, 4) is 0 Å². The third-order valence-electron chi connectivity index (χ3n) is 1.25. The van der Waals surface area contributed by atoms with Crippen LogP contribution in [0.4, 0.5) is 0 Å². The molecule has 0 aliphatic heterocycles. The van der Waals surface area contributed by atoms with E-state index in [1.54, 1.807) is 13.0 Å². The van der Waals surface area contributed by atoms with Gasteiger partial charge in [-0.3, -0.25) is 4.79 Å². The number of carbonyl (C=O) groups is 1. The summed E-state index contributed by atoms with van der Waals surface area (Å²) >= 11 is 13.6. The van der Waals surface area contributed by atoms with E-state index in [0.717, 1.165) is 8.26 Å². The lowest BCUT2D eigenvalue weighted by Crippen LogP contribution is -2.07. The van der Waals surface area contributed by atoms with Crippen LogP contribution in [0.2, 0.25) is 0 Å². The quantitative estimate of drug-likeness (QED) is 0.589. The first-order valence-corrected chi connectivity index (χ1v) is 5.99. The topological polar surface area (TPSA) is 17.1 Å². The fourth-order valence-corrected chi connectivity index (χ4v) is 2.91. The third-order valence-corrected chi connectivity index (χ3v) is 4.72. The van der Waals surface area contributed by atoms with Gasteiger partial charge in [-0.1, -0.05) is 0 Å². The summed E-state index contributed by atoms with van der Waals surface area (Å²) in [7, 11) is 0. The van der Waals surface area contributed by atoms with Crippen LogP contribution in [0.3, 0.4) is 0 Å². The largest absolute Gasteiger partial charge is 0.292 e. The zero-order chi connectivity index (χ0) is 9.30. The summed E-state index contributed by atoms with van der Waals surface area (Å²) in [6.45, 7) is 1.67.